The molecule has 1 aromatic heterocycles. The van der Waals surface area contributed by atoms with Crippen molar-refractivity contribution in [3.05, 3.63) is 35.7 Å². The Balaban J connectivity index is 0.00000196. The van der Waals surface area contributed by atoms with Gasteiger partial charge in [-0.25, -0.2) is 0 Å². The lowest BCUT2D eigenvalue weighted by atomic mass is 9.93. The highest BCUT2D eigenvalue weighted by molar-refractivity contribution is 5.85. The molecule has 3 heterocycles. The van der Waals surface area contributed by atoms with Crippen molar-refractivity contribution in [1.29, 1.82) is 0 Å². The Hall–Kier alpha value is -1.43. The zero-order valence-corrected chi connectivity index (χ0v) is 16.3. The Morgan fingerprint density at radius 3 is 2.88 bits per heavy atom. The monoisotopic (exact) mass is 376 g/mol. The summed E-state index contributed by atoms with van der Waals surface area (Å²) in [7, 11) is 0. The number of nitrogens with zero attached hydrogens (tertiary/aromatic N) is 3. The first kappa shape index (κ1) is 19.3. The minimum atomic E-state index is 0. The number of piperidine rings is 2. The number of aromatic nitrogens is 2. The fraction of sp³-hybridized carbons (Fsp3) is 0.600. The Kier molecular flexibility index (Phi) is 6.68. The van der Waals surface area contributed by atoms with E-state index in [-0.39, 0.29) is 12.4 Å². The summed E-state index contributed by atoms with van der Waals surface area (Å²) in [5.74, 6) is 1.90. The van der Waals surface area contributed by atoms with Crippen LogP contribution in [0.3, 0.4) is 0 Å². The third-order valence-electron chi connectivity index (χ3n) is 5.45. The first-order valence-electron chi connectivity index (χ1n) is 9.66. The molecule has 2 atom stereocenters. The van der Waals surface area contributed by atoms with Crippen LogP contribution in [0.4, 0.5) is 0 Å². The Labute approximate surface area is 162 Å². The van der Waals surface area contributed by atoms with E-state index < -0.39 is 0 Å². The van der Waals surface area contributed by atoms with Crippen molar-refractivity contribution in [3.8, 4) is 11.4 Å². The maximum atomic E-state index is 5.60. The van der Waals surface area contributed by atoms with Crippen molar-refractivity contribution >= 4 is 12.4 Å². The van der Waals surface area contributed by atoms with Crippen LogP contribution < -0.4 is 5.32 Å². The van der Waals surface area contributed by atoms with Gasteiger partial charge in [-0.05, 0) is 63.9 Å². The molecule has 0 spiro atoms. The molecule has 0 bridgehead atoms. The van der Waals surface area contributed by atoms with Crippen LogP contribution in [0, 0.1) is 0 Å². The minimum Gasteiger partial charge on any atom is -0.339 e. The molecule has 0 unspecified atom stereocenters. The highest BCUT2D eigenvalue weighted by atomic mass is 35.5. The molecule has 1 N–H and O–H groups in total. The van der Waals surface area contributed by atoms with Gasteiger partial charge < -0.3 is 9.84 Å². The molecule has 1 aromatic carbocycles. The summed E-state index contributed by atoms with van der Waals surface area (Å²) in [5, 5.41) is 7.73. The van der Waals surface area contributed by atoms with Crippen LogP contribution in [0.1, 0.15) is 56.4 Å². The molecule has 2 aliphatic rings. The van der Waals surface area contributed by atoms with Gasteiger partial charge in [0.05, 0.1) is 0 Å². The second-order valence-corrected chi connectivity index (χ2v) is 7.57. The van der Waals surface area contributed by atoms with Crippen molar-refractivity contribution in [2.24, 2.45) is 0 Å². The Morgan fingerprint density at radius 2 is 2.08 bits per heavy atom. The average Bonchev–Trinajstić information content (AvgIpc) is 3.13. The molecule has 0 radical (unpaired) electrons. The first-order chi connectivity index (χ1) is 12.3. The van der Waals surface area contributed by atoms with Crippen LogP contribution in [-0.2, 0) is 6.54 Å². The van der Waals surface area contributed by atoms with E-state index in [4.69, 9.17) is 9.51 Å². The predicted octanol–water partition coefficient (Wildman–Crippen LogP) is 4.00. The highest BCUT2D eigenvalue weighted by Crippen LogP contribution is 2.28. The molecule has 142 valence electrons. The molecule has 5 nitrogen and oxygen atoms in total. The topological polar surface area (TPSA) is 54.2 Å². The van der Waals surface area contributed by atoms with Gasteiger partial charge in [0.25, 0.3) is 0 Å². The molecular weight excluding hydrogens is 348 g/mol. The van der Waals surface area contributed by atoms with Gasteiger partial charge in [-0.2, -0.15) is 4.98 Å². The maximum absolute atomic E-state index is 5.60. The largest absolute Gasteiger partial charge is 0.339 e. The van der Waals surface area contributed by atoms with Crippen LogP contribution in [-0.4, -0.2) is 40.7 Å². The third kappa shape index (κ3) is 4.64. The molecular formula is C20H29ClN4O. The van der Waals surface area contributed by atoms with Gasteiger partial charge in [-0.1, -0.05) is 29.8 Å². The lowest BCUT2D eigenvalue weighted by molar-refractivity contribution is 0.221. The third-order valence-corrected chi connectivity index (χ3v) is 5.45. The molecule has 2 fully saturated rings. The van der Waals surface area contributed by atoms with E-state index in [9.17, 15) is 0 Å². The summed E-state index contributed by atoms with van der Waals surface area (Å²) in [4.78, 5) is 7.25. The van der Waals surface area contributed by atoms with E-state index in [0.717, 1.165) is 43.2 Å². The van der Waals surface area contributed by atoms with E-state index in [1.54, 1.807) is 0 Å². The van der Waals surface area contributed by atoms with Crippen LogP contribution in [0.15, 0.2) is 28.8 Å². The van der Waals surface area contributed by atoms with E-state index in [1.165, 1.54) is 37.9 Å². The quantitative estimate of drug-likeness (QED) is 0.874. The zero-order valence-electron chi connectivity index (χ0n) is 15.5. The molecule has 0 saturated carbocycles. The first-order valence-corrected chi connectivity index (χ1v) is 9.66. The van der Waals surface area contributed by atoms with Crippen LogP contribution in [0.25, 0.3) is 11.4 Å². The number of likely N-dealkylation sites (tertiary alicyclic amines) is 1. The molecule has 2 aromatic rings. The predicted molar refractivity (Wildman–Crippen MR) is 106 cm³/mol. The standard InChI is InChI=1S/C20H28N4O.ClH/c1-15-12-18(8-9-21-15)20-22-19(23-25-20)17-7-5-6-16(13-17)14-24-10-3-2-4-11-24;/h5-7,13,15,18,21H,2-4,8-12,14H2,1H3;1H/t15-,18-;/m0./s1. The maximum Gasteiger partial charge on any atom is 0.230 e. The van der Waals surface area contributed by atoms with Crippen molar-refractivity contribution < 1.29 is 4.52 Å². The average molecular weight is 377 g/mol. The number of benzene rings is 1. The highest BCUT2D eigenvalue weighted by Gasteiger charge is 2.25. The van der Waals surface area contributed by atoms with Crippen molar-refractivity contribution in [2.45, 2.75) is 57.5 Å². The zero-order chi connectivity index (χ0) is 17.1. The molecule has 4 rings (SSSR count). The van der Waals surface area contributed by atoms with E-state index in [1.807, 2.05) is 0 Å². The molecule has 0 amide bonds. The number of hydrogen-bond acceptors (Lipinski definition) is 5. The van der Waals surface area contributed by atoms with Gasteiger partial charge in [0.15, 0.2) is 0 Å². The SMILES string of the molecule is C[C@H]1C[C@@H](c2nc(-c3cccc(CN4CCCCC4)c3)no2)CCN1.Cl. The van der Waals surface area contributed by atoms with Gasteiger partial charge >= 0.3 is 0 Å². The number of rotatable bonds is 4. The van der Waals surface area contributed by atoms with E-state index >= 15 is 0 Å². The number of halogens is 1. The summed E-state index contributed by atoms with van der Waals surface area (Å²) >= 11 is 0. The van der Waals surface area contributed by atoms with Gasteiger partial charge in [0.1, 0.15) is 0 Å². The van der Waals surface area contributed by atoms with E-state index in [0.29, 0.717) is 12.0 Å². The summed E-state index contributed by atoms with van der Waals surface area (Å²) in [6.45, 7) is 6.68. The summed E-state index contributed by atoms with van der Waals surface area (Å²) in [6.07, 6.45) is 6.15. The van der Waals surface area contributed by atoms with Gasteiger partial charge in [0, 0.05) is 24.1 Å². The Morgan fingerprint density at radius 1 is 1.23 bits per heavy atom. The molecule has 26 heavy (non-hydrogen) atoms. The van der Waals surface area contributed by atoms with Crippen molar-refractivity contribution in [1.82, 2.24) is 20.4 Å². The van der Waals surface area contributed by atoms with Crippen LogP contribution >= 0.6 is 12.4 Å². The Bertz CT molecular complexity index is 699. The van der Waals surface area contributed by atoms with Gasteiger partial charge in [-0.3, -0.25) is 4.90 Å². The normalized spacial score (nSPS) is 24.2. The number of hydrogen-bond donors (Lipinski definition) is 1. The summed E-state index contributed by atoms with van der Waals surface area (Å²) < 4.78 is 5.60. The second-order valence-electron chi connectivity index (χ2n) is 7.57. The fourth-order valence-corrected chi connectivity index (χ4v) is 4.06. The van der Waals surface area contributed by atoms with Crippen molar-refractivity contribution in [3.63, 3.8) is 0 Å². The van der Waals surface area contributed by atoms with Crippen LogP contribution in [0.5, 0.6) is 0 Å². The van der Waals surface area contributed by atoms with Gasteiger partial charge in [-0.15, -0.1) is 12.4 Å². The number of nitrogens with one attached hydrogen (secondary N) is 1. The van der Waals surface area contributed by atoms with Gasteiger partial charge in [0.2, 0.25) is 11.7 Å². The smallest absolute Gasteiger partial charge is 0.230 e. The fourth-order valence-electron chi connectivity index (χ4n) is 4.06. The van der Waals surface area contributed by atoms with E-state index in [2.05, 4.69) is 46.6 Å². The molecule has 6 heteroatoms. The summed E-state index contributed by atoms with van der Waals surface area (Å²) in [6, 6.07) is 9.13. The van der Waals surface area contributed by atoms with Crippen LogP contribution in [0.2, 0.25) is 0 Å². The minimum absolute atomic E-state index is 0. The lowest BCUT2D eigenvalue weighted by Gasteiger charge is -2.26. The molecule has 2 saturated heterocycles. The second kappa shape index (κ2) is 8.98. The molecule has 2 aliphatic heterocycles. The lowest BCUT2D eigenvalue weighted by Crippen LogP contribution is -2.34. The van der Waals surface area contributed by atoms with Crippen molar-refractivity contribution in [2.75, 3.05) is 19.6 Å². The summed E-state index contributed by atoms with van der Waals surface area (Å²) in [5.41, 5.74) is 2.40. The molecule has 0 aliphatic carbocycles.